The highest BCUT2D eigenvalue weighted by molar-refractivity contribution is 6.31. The number of fused-ring (bicyclic) bond motifs is 1. The molecule has 2 aliphatic rings. The number of imide groups is 1. The minimum atomic E-state index is -0.661. The molecule has 5 nitrogen and oxygen atoms in total. The molecule has 0 unspecified atom stereocenters. The molecule has 3 atom stereocenters. The van der Waals surface area contributed by atoms with Gasteiger partial charge in [0.05, 0.1) is 17.6 Å². The van der Waals surface area contributed by atoms with Crippen molar-refractivity contribution in [1.29, 1.82) is 0 Å². The van der Waals surface area contributed by atoms with Gasteiger partial charge >= 0.3 is 0 Å². The Morgan fingerprint density at radius 3 is 2.67 bits per heavy atom. The van der Waals surface area contributed by atoms with E-state index >= 15 is 0 Å². The van der Waals surface area contributed by atoms with Crippen LogP contribution in [0.3, 0.4) is 0 Å². The second-order valence-electron chi connectivity index (χ2n) is 4.43. The van der Waals surface area contributed by atoms with Gasteiger partial charge in [-0.05, 0) is 25.1 Å². The molecule has 0 N–H and O–H groups in total. The van der Waals surface area contributed by atoms with E-state index in [2.05, 4.69) is 10.2 Å². The van der Waals surface area contributed by atoms with Crippen molar-refractivity contribution in [3.63, 3.8) is 0 Å². The lowest BCUT2D eigenvalue weighted by molar-refractivity contribution is -0.122. The fraction of sp³-hybridized carbons (Fsp3) is 0.333. The predicted octanol–water partition coefficient (Wildman–Crippen LogP) is 2.05. The second kappa shape index (κ2) is 3.88. The zero-order valence-electron chi connectivity index (χ0n) is 9.58. The average molecular weight is 264 g/mol. The van der Waals surface area contributed by atoms with Crippen LogP contribution in [0.25, 0.3) is 0 Å². The average Bonchev–Trinajstić information content (AvgIpc) is 2.81. The van der Waals surface area contributed by atoms with Crippen LogP contribution < -0.4 is 4.90 Å². The van der Waals surface area contributed by atoms with Crippen LogP contribution in [0.5, 0.6) is 0 Å². The molecule has 6 heteroatoms. The fourth-order valence-electron chi connectivity index (χ4n) is 2.39. The van der Waals surface area contributed by atoms with Gasteiger partial charge in [-0.3, -0.25) is 9.59 Å². The standard InChI is InChI=1S/C12H10ClN3O2/c1-6-9-10(15-14-6)12(18)16(11(9)17)8-4-2-3-7(13)5-8/h2-6,9-10H,1H3/t6-,9+,10+/m1/s1. The second-order valence-corrected chi connectivity index (χ2v) is 4.87. The molecule has 3 rings (SSSR count). The number of nitrogens with zero attached hydrogens (tertiary/aromatic N) is 3. The van der Waals surface area contributed by atoms with Gasteiger partial charge in [0.1, 0.15) is 0 Å². The first-order chi connectivity index (χ1) is 8.59. The number of carbonyl (C=O) groups is 2. The quantitative estimate of drug-likeness (QED) is 0.728. The number of azo groups is 1. The zero-order chi connectivity index (χ0) is 12.9. The molecule has 0 bridgehead atoms. The van der Waals surface area contributed by atoms with E-state index in [1.165, 1.54) is 0 Å². The van der Waals surface area contributed by atoms with Crippen LogP contribution >= 0.6 is 11.6 Å². The third-order valence-corrected chi connectivity index (χ3v) is 3.51. The Kier molecular flexibility index (Phi) is 2.45. The van der Waals surface area contributed by atoms with E-state index in [0.717, 1.165) is 4.90 Å². The van der Waals surface area contributed by atoms with Crippen molar-refractivity contribution in [3.8, 4) is 0 Å². The number of anilines is 1. The van der Waals surface area contributed by atoms with Crippen molar-refractivity contribution in [2.45, 2.75) is 19.0 Å². The van der Waals surface area contributed by atoms with Crippen LogP contribution in [0.15, 0.2) is 34.5 Å². The molecule has 0 spiro atoms. The summed E-state index contributed by atoms with van der Waals surface area (Å²) in [7, 11) is 0. The smallest absolute Gasteiger partial charge is 0.261 e. The number of amides is 2. The highest BCUT2D eigenvalue weighted by Gasteiger charge is 2.53. The molecule has 18 heavy (non-hydrogen) atoms. The first-order valence-corrected chi connectivity index (χ1v) is 6.01. The fourth-order valence-corrected chi connectivity index (χ4v) is 2.57. The summed E-state index contributed by atoms with van der Waals surface area (Å²) in [5, 5.41) is 8.27. The molecule has 92 valence electrons. The van der Waals surface area contributed by atoms with Crippen molar-refractivity contribution >= 4 is 29.1 Å². The van der Waals surface area contributed by atoms with E-state index in [0.29, 0.717) is 10.7 Å². The van der Waals surface area contributed by atoms with Crippen molar-refractivity contribution in [2.75, 3.05) is 4.90 Å². The molecule has 2 aliphatic heterocycles. The van der Waals surface area contributed by atoms with Gasteiger partial charge in [-0.1, -0.05) is 17.7 Å². The Bertz CT molecular complexity index is 572. The highest BCUT2D eigenvalue weighted by atomic mass is 35.5. The first-order valence-electron chi connectivity index (χ1n) is 5.63. The van der Waals surface area contributed by atoms with Crippen molar-refractivity contribution in [3.05, 3.63) is 29.3 Å². The number of halogens is 1. The molecule has 1 fully saturated rings. The van der Waals surface area contributed by atoms with Crippen LogP contribution in [0, 0.1) is 5.92 Å². The molecule has 0 aliphatic carbocycles. The van der Waals surface area contributed by atoms with Gasteiger partial charge in [0.25, 0.3) is 5.91 Å². The summed E-state index contributed by atoms with van der Waals surface area (Å²) >= 11 is 5.88. The summed E-state index contributed by atoms with van der Waals surface area (Å²) in [6, 6.07) is 5.78. The van der Waals surface area contributed by atoms with E-state index in [9.17, 15) is 9.59 Å². The van der Waals surface area contributed by atoms with Crippen LogP contribution in [-0.2, 0) is 9.59 Å². The molecule has 0 radical (unpaired) electrons. The highest BCUT2D eigenvalue weighted by Crippen LogP contribution is 2.36. The summed E-state index contributed by atoms with van der Waals surface area (Å²) in [4.78, 5) is 25.6. The summed E-state index contributed by atoms with van der Waals surface area (Å²) in [6.07, 6.45) is 0. The SMILES string of the molecule is C[C@H]1N=N[C@@H]2C(=O)N(c3cccc(Cl)c3)C(=O)[C@H]21. The zero-order valence-corrected chi connectivity index (χ0v) is 10.3. The minimum absolute atomic E-state index is 0.240. The third kappa shape index (κ3) is 1.47. The largest absolute Gasteiger partial charge is 0.274 e. The topological polar surface area (TPSA) is 62.1 Å². The van der Waals surface area contributed by atoms with Crippen LogP contribution in [0.4, 0.5) is 5.69 Å². The van der Waals surface area contributed by atoms with E-state index in [4.69, 9.17) is 11.6 Å². The predicted molar refractivity (Wildman–Crippen MR) is 65.5 cm³/mol. The van der Waals surface area contributed by atoms with Crippen LogP contribution in [0.1, 0.15) is 6.92 Å². The van der Waals surface area contributed by atoms with E-state index in [1.807, 2.05) is 0 Å². The van der Waals surface area contributed by atoms with Gasteiger partial charge in [-0.2, -0.15) is 10.2 Å². The monoisotopic (exact) mass is 263 g/mol. The Morgan fingerprint density at radius 1 is 1.22 bits per heavy atom. The van der Waals surface area contributed by atoms with Crippen molar-refractivity contribution in [1.82, 2.24) is 0 Å². The minimum Gasteiger partial charge on any atom is -0.274 e. The number of benzene rings is 1. The van der Waals surface area contributed by atoms with Crippen molar-refractivity contribution < 1.29 is 9.59 Å². The molecule has 2 heterocycles. The Hall–Kier alpha value is -1.75. The number of rotatable bonds is 1. The Morgan fingerprint density at radius 2 is 2.00 bits per heavy atom. The first kappa shape index (κ1) is 11.3. The lowest BCUT2D eigenvalue weighted by atomic mass is 9.98. The van der Waals surface area contributed by atoms with Gasteiger partial charge in [0.15, 0.2) is 6.04 Å². The number of carbonyl (C=O) groups excluding carboxylic acids is 2. The Labute approximate surface area is 108 Å². The number of hydrogen-bond donors (Lipinski definition) is 0. The van der Waals surface area contributed by atoms with Crippen molar-refractivity contribution in [2.24, 2.45) is 16.1 Å². The molecular weight excluding hydrogens is 254 g/mol. The number of hydrogen-bond acceptors (Lipinski definition) is 4. The van der Waals surface area contributed by atoms with Crippen LogP contribution in [0.2, 0.25) is 5.02 Å². The maximum atomic E-state index is 12.3. The summed E-state index contributed by atoms with van der Waals surface area (Å²) in [5.74, 6) is -1.03. The van der Waals surface area contributed by atoms with Crippen LogP contribution in [-0.4, -0.2) is 23.9 Å². The molecular formula is C12H10ClN3O2. The molecule has 1 saturated heterocycles. The Balaban J connectivity index is 2.02. The lowest BCUT2D eigenvalue weighted by Gasteiger charge is -2.15. The molecule has 1 aromatic carbocycles. The summed E-state index contributed by atoms with van der Waals surface area (Å²) in [5.41, 5.74) is 0.495. The van der Waals surface area contributed by atoms with E-state index < -0.39 is 12.0 Å². The third-order valence-electron chi connectivity index (χ3n) is 3.28. The maximum Gasteiger partial charge on any atom is 0.261 e. The lowest BCUT2D eigenvalue weighted by Crippen LogP contribution is -2.32. The molecule has 2 amide bonds. The van der Waals surface area contributed by atoms with Gasteiger partial charge in [-0.25, -0.2) is 4.90 Å². The molecule has 0 saturated carbocycles. The normalized spacial score (nSPS) is 30.1. The van der Waals surface area contributed by atoms with Gasteiger partial charge in [0, 0.05) is 5.02 Å². The van der Waals surface area contributed by atoms with E-state index in [1.54, 1.807) is 31.2 Å². The molecule has 1 aromatic rings. The van der Waals surface area contributed by atoms with Gasteiger partial charge in [0.2, 0.25) is 5.91 Å². The molecule has 0 aromatic heterocycles. The summed E-state index contributed by atoms with van der Waals surface area (Å²) in [6.45, 7) is 1.79. The maximum absolute atomic E-state index is 12.3. The van der Waals surface area contributed by atoms with E-state index in [-0.39, 0.29) is 17.9 Å². The van der Waals surface area contributed by atoms with Gasteiger partial charge in [-0.15, -0.1) is 0 Å². The summed E-state index contributed by atoms with van der Waals surface area (Å²) < 4.78 is 0. The van der Waals surface area contributed by atoms with Gasteiger partial charge < -0.3 is 0 Å².